The van der Waals surface area contributed by atoms with Gasteiger partial charge < -0.3 is 14.2 Å². The van der Waals surface area contributed by atoms with Crippen molar-refractivity contribution < 1.29 is 28.6 Å². The summed E-state index contributed by atoms with van der Waals surface area (Å²) in [4.78, 5) is 34.5. The normalized spacial score (nSPS) is 12.1. The molecular formula is C31H63O6S3Sn. The third kappa shape index (κ3) is 38.2. The number of thiol groups is 3. The zero-order chi connectivity index (χ0) is 32.3. The Kier molecular flexibility index (Phi) is 47.3. The summed E-state index contributed by atoms with van der Waals surface area (Å²) in [5, 5.41) is 0. The van der Waals surface area contributed by atoms with E-state index < -0.39 is 0 Å². The average molecular weight is 747 g/mol. The predicted molar refractivity (Wildman–Crippen MR) is 186 cm³/mol. The summed E-state index contributed by atoms with van der Waals surface area (Å²) in [5.74, 6) is 1.52. The molecule has 10 heteroatoms. The van der Waals surface area contributed by atoms with Crippen molar-refractivity contribution in [2.75, 3.05) is 37.1 Å². The molecule has 0 aliphatic carbocycles. The average Bonchev–Trinajstić information content (AvgIpc) is 3.02. The van der Waals surface area contributed by atoms with Crippen molar-refractivity contribution in [2.45, 2.75) is 124 Å². The molecule has 3 radical (unpaired) electrons. The molecule has 41 heavy (non-hydrogen) atoms. The van der Waals surface area contributed by atoms with Crippen molar-refractivity contribution in [3.63, 3.8) is 0 Å². The van der Waals surface area contributed by atoms with E-state index in [2.05, 4.69) is 84.4 Å². The Morgan fingerprint density at radius 2 is 0.732 bits per heavy atom. The molecule has 0 aliphatic rings. The van der Waals surface area contributed by atoms with Crippen LogP contribution in [-0.2, 0) is 28.6 Å². The standard InChI is InChI=1S/3C10H20O2S.CH3.Sn/c3*1-3-5-6-9(4-2)7-12-10(11)8-13;;/h3*9,13H,3-8H2,1-2H3;1H3;. The van der Waals surface area contributed by atoms with Gasteiger partial charge in [-0.2, -0.15) is 37.9 Å². The summed E-state index contributed by atoms with van der Waals surface area (Å²) in [7, 11) is 0. The second-order valence-electron chi connectivity index (χ2n) is 9.77. The molecule has 0 aliphatic heterocycles. The first-order valence-electron chi connectivity index (χ1n) is 15.5. The van der Waals surface area contributed by atoms with E-state index in [0.29, 0.717) is 37.6 Å². The quantitative estimate of drug-likeness (QED) is 0.0476. The van der Waals surface area contributed by atoms with Crippen molar-refractivity contribution >= 4 is 78.3 Å². The number of esters is 3. The van der Waals surface area contributed by atoms with Gasteiger partial charge in [0.15, 0.2) is 0 Å². The van der Waals surface area contributed by atoms with Crippen LogP contribution in [0.2, 0.25) is 4.94 Å². The Bertz CT molecular complexity index is 494. The molecule has 6 nitrogen and oxygen atoms in total. The Morgan fingerprint density at radius 3 is 0.878 bits per heavy atom. The third-order valence-electron chi connectivity index (χ3n) is 6.46. The van der Waals surface area contributed by atoms with Gasteiger partial charge in [0.25, 0.3) is 0 Å². The fourth-order valence-corrected chi connectivity index (χ4v) is 3.74. The molecular weight excluding hydrogens is 683 g/mol. The zero-order valence-electron chi connectivity index (χ0n) is 27.3. The van der Waals surface area contributed by atoms with Crippen LogP contribution in [0.1, 0.15) is 119 Å². The number of hydrogen-bond donors (Lipinski definition) is 3. The van der Waals surface area contributed by atoms with Gasteiger partial charge in [0.1, 0.15) is 0 Å². The number of carbonyl (C=O) groups is 3. The Labute approximate surface area is 283 Å². The molecule has 0 aromatic carbocycles. The number of rotatable bonds is 21. The maximum absolute atomic E-state index is 10.8. The van der Waals surface area contributed by atoms with Gasteiger partial charge in [-0.25, -0.2) is 0 Å². The second-order valence-corrected chi connectivity index (χ2v) is 10.7. The maximum atomic E-state index is 10.8. The van der Waals surface area contributed by atoms with Crippen LogP contribution in [0, 0.1) is 17.8 Å². The van der Waals surface area contributed by atoms with E-state index in [1.54, 1.807) is 22.5 Å². The van der Waals surface area contributed by atoms with Crippen LogP contribution in [0.3, 0.4) is 0 Å². The van der Waals surface area contributed by atoms with Crippen LogP contribution in [0.5, 0.6) is 0 Å². The number of hydrogen-bond acceptors (Lipinski definition) is 9. The molecule has 0 bridgehead atoms. The van der Waals surface area contributed by atoms with E-state index in [-0.39, 0.29) is 35.2 Å². The zero-order valence-corrected chi connectivity index (χ0v) is 32.8. The van der Waals surface area contributed by atoms with Gasteiger partial charge in [-0.15, -0.1) is 0 Å². The molecule has 0 amide bonds. The van der Waals surface area contributed by atoms with Gasteiger partial charge in [-0.1, -0.05) is 99.3 Å². The third-order valence-corrected chi connectivity index (χ3v) is 7.23. The van der Waals surface area contributed by atoms with E-state index in [9.17, 15) is 14.4 Å². The number of ether oxygens (including phenoxy) is 3. The van der Waals surface area contributed by atoms with Crippen LogP contribution >= 0.6 is 37.9 Å². The van der Waals surface area contributed by atoms with Crippen LogP contribution in [-0.4, -0.2) is 77.5 Å². The van der Waals surface area contributed by atoms with Crippen molar-refractivity contribution in [2.24, 2.45) is 17.8 Å². The molecule has 0 saturated heterocycles. The summed E-state index contributed by atoms with van der Waals surface area (Å²) in [5.41, 5.74) is 0. The second kappa shape index (κ2) is 40.3. The summed E-state index contributed by atoms with van der Waals surface area (Å²) in [6.45, 7) is 14.6. The Hall–Kier alpha value is 0.259. The van der Waals surface area contributed by atoms with Crippen molar-refractivity contribution in [3.05, 3.63) is 0 Å². The van der Waals surface area contributed by atoms with Crippen molar-refractivity contribution in [3.8, 4) is 0 Å². The van der Waals surface area contributed by atoms with Crippen LogP contribution < -0.4 is 0 Å². The monoisotopic (exact) mass is 747 g/mol. The molecule has 0 rings (SSSR count). The molecule has 0 N–H and O–H groups in total. The molecule has 3 atom stereocenters. The van der Waals surface area contributed by atoms with Crippen LogP contribution in [0.15, 0.2) is 0 Å². The first-order valence-corrected chi connectivity index (χ1v) is 20.3. The predicted octanol–water partition coefficient (Wildman–Crippen LogP) is 8.23. The van der Waals surface area contributed by atoms with Gasteiger partial charge in [-0.05, 0) is 37.0 Å². The fourth-order valence-electron chi connectivity index (χ4n) is 3.46. The first-order chi connectivity index (χ1) is 19.7. The summed E-state index contributed by atoms with van der Waals surface area (Å²) in [6, 6.07) is 0. The molecule has 0 fully saturated rings. The van der Waals surface area contributed by atoms with Gasteiger partial charge in [0.2, 0.25) is 0 Å². The molecule has 0 aromatic rings. The van der Waals surface area contributed by atoms with E-state index in [0.717, 1.165) is 38.5 Å². The van der Waals surface area contributed by atoms with Crippen molar-refractivity contribution in [1.82, 2.24) is 0 Å². The fraction of sp³-hybridized carbons (Fsp3) is 0.903. The SMILES string of the molecule is CCCCC(CC)COC(=O)CS.CCCCC(CC)COC(=O)CS.CCCCC(CC)COC(=O)CS.[CH3][Sn]. The van der Waals surface area contributed by atoms with E-state index in [4.69, 9.17) is 14.2 Å². The van der Waals surface area contributed by atoms with E-state index in [1.165, 1.54) is 38.5 Å². The number of unbranched alkanes of at least 4 members (excludes halogenated alkanes) is 3. The Morgan fingerprint density at radius 1 is 0.512 bits per heavy atom. The Balaban J connectivity index is -0.000000243. The topological polar surface area (TPSA) is 78.9 Å². The molecule has 245 valence electrons. The minimum absolute atomic E-state index is 0.185. The van der Waals surface area contributed by atoms with Gasteiger partial charge in [0, 0.05) is 0 Å². The molecule has 0 saturated carbocycles. The molecule has 0 aromatic heterocycles. The van der Waals surface area contributed by atoms with Crippen molar-refractivity contribution in [1.29, 1.82) is 0 Å². The van der Waals surface area contributed by atoms with Crippen LogP contribution in [0.4, 0.5) is 0 Å². The minimum atomic E-state index is -0.210. The summed E-state index contributed by atoms with van der Waals surface area (Å²) < 4.78 is 15.1. The van der Waals surface area contributed by atoms with Gasteiger partial charge in [0.05, 0.1) is 37.1 Å². The summed E-state index contributed by atoms with van der Waals surface area (Å²) >= 11 is 13.1. The summed E-state index contributed by atoms with van der Waals surface area (Å²) in [6.07, 6.45) is 14.0. The molecule has 0 heterocycles. The van der Waals surface area contributed by atoms with Gasteiger partial charge in [-0.3, -0.25) is 14.4 Å². The van der Waals surface area contributed by atoms with Gasteiger partial charge >= 0.3 is 45.4 Å². The van der Waals surface area contributed by atoms with E-state index in [1.807, 2.05) is 0 Å². The van der Waals surface area contributed by atoms with E-state index >= 15 is 0 Å². The van der Waals surface area contributed by atoms with Crippen LogP contribution in [0.25, 0.3) is 0 Å². The molecule has 0 spiro atoms. The molecule has 3 unspecified atom stereocenters. The number of carbonyl (C=O) groups excluding carboxylic acids is 3. The first kappa shape index (κ1) is 48.2.